The zero-order valence-electron chi connectivity index (χ0n) is 40.8. The molecule has 78 heavy (non-hydrogen) atoms. The van der Waals surface area contributed by atoms with Crippen LogP contribution in [0.15, 0.2) is 182 Å². The molecule has 0 atom stereocenters. The van der Waals surface area contributed by atoms with E-state index in [9.17, 15) is 44.1 Å². The number of hydrogen-bond acceptors (Lipinski definition) is 12. The summed E-state index contributed by atoms with van der Waals surface area (Å²) in [5.74, 6) is -1.94. The van der Waals surface area contributed by atoms with Crippen LogP contribution in [0.5, 0.6) is 51.7 Å². The molecule has 0 fully saturated rings. The van der Waals surface area contributed by atoms with Gasteiger partial charge in [0, 0.05) is 0 Å². The fourth-order valence-electron chi connectivity index (χ4n) is 10.5. The lowest BCUT2D eigenvalue weighted by molar-refractivity contribution is 0.0910. The van der Waals surface area contributed by atoms with Gasteiger partial charge in [-0.25, -0.2) is 14.7 Å². The first kappa shape index (κ1) is 46.9. The van der Waals surface area contributed by atoms with Crippen LogP contribution in [-0.2, 0) is 19.3 Å². The summed E-state index contributed by atoms with van der Waals surface area (Å²) in [5.41, 5.74) is 7.14. The van der Waals surface area contributed by atoms with E-state index in [1.54, 1.807) is 182 Å². The van der Waals surface area contributed by atoms with Crippen LogP contribution in [0.2, 0.25) is 0 Å². The average molecular weight is 1030 g/mol. The van der Waals surface area contributed by atoms with Crippen LogP contribution in [0, 0.1) is 0 Å². The molecular weight excluding hydrogens is 991 g/mol. The summed E-state index contributed by atoms with van der Waals surface area (Å²) in [6.07, 6.45) is 0.725. The molecule has 4 aliphatic rings. The highest BCUT2D eigenvalue weighted by atomic mass is 16.5. The Morgan fingerprint density at radius 2 is 0.487 bits per heavy atom. The summed E-state index contributed by atoms with van der Waals surface area (Å²) in [4.78, 5) is 82.5. The molecule has 378 valence electrons. The monoisotopic (exact) mass is 1030 g/mol. The number of benzene rings is 9. The number of fused-ring (bicyclic) bond motifs is 6. The highest BCUT2D eigenvalue weighted by Crippen LogP contribution is 2.44. The molecule has 1 aliphatic carbocycles. The average Bonchev–Trinajstić information content (AvgIpc) is 3.99. The van der Waals surface area contributed by atoms with Crippen molar-refractivity contribution in [2.24, 2.45) is 0 Å². The third kappa shape index (κ3) is 7.92. The number of amides is 6. The number of rotatable bonds is 9. The van der Waals surface area contributed by atoms with Gasteiger partial charge in [-0.3, -0.25) is 28.8 Å². The molecule has 9 aromatic rings. The third-order valence-electron chi connectivity index (χ3n) is 14.3. The minimum atomic E-state index is -0.438. The van der Waals surface area contributed by atoms with E-state index >= 15 is 0 Å². The zero-order valence-corrected chi connectivity index (χ0v) is 40.8. The highest BCUT2D eigenvalue weighted by molar-refractivity contribution is 6.36. The standard InChI is InChI=1S/C63H39N3O12/c67-52-28-34-26-38-32-56(77-44-21-15-41(16-22-44)65-60(72)48-9-3-4-10-49(48)61(65)73)54(69)30-36(38)27-39-33-57(78-45-23-17-42(18-24-45)66-62(74)50-11-5-6-12-51(50)63(66)75)53(68)29-35(39)25-37(34)31-55(52)76-43-19-13-40(14-20-43)64-58(70)46-7-1-2-8-47(46)59(64)71/h1-24,28-33,67-69H,25-27H2. The van der Waals surface area contributed by atoms with E-state index in [1.807, 2.05) is 0 Å². The first-order valence-electron chi connectivity index (χ1n) is 24.7. The Kier molecular flexibility index (Phi) is 11.0. The van der Waals surface area contributed by atoms with Crippen LogP contribution >= 0.6 is 0 Å². The minimum Gasteiger partial charge on any atom is -0.504 e. The Balaban J connectivity index is 0.821. The van der Waals surface area contributed by atoms with Gasteiger partial charge in [0.15, 0.2) is 34.5 Å². The van der Waals surface area contributed by atoms with Crippen LogP contribution in [0.1, 0.15) is 95.5 Å². The number of nitrogens with zero attached hydrogens (tertiary/aromatic N) is 3. The van der Waals surface area contributed by atoms with Crippen molar-refractivity contribution in [1.82, 2.24) is 0 Å². The summed E-state index contributed by atoms with van der Waals surface area (Å²) in [6.45, 7) is 0. The quantitative estimate of drug-likeness (QED) is 0.116. The fraction of sp³-hybridized carbons (Fsp3) is 0.0476. The molecule has 6 amide bonds. The number of imide groups is 3. The summed E-state index contributed by atoms with van der Waals surface area (Å²) >= 11 is 0. The summed E-state index contributed by atoms with van der Waals surface area (Å²) < 4.78 is 18.8. The lowest BCUT2D eigenvalue weighted by Gasteiger charge is -2.17. The molecular formula is C63H39N3O12. The van der Waals surface area contributed by atoms with Crippen molar-refractivity contribution in [1.29, 1.82) is 0 Å². The maximum Gasteiger partial charge on any atom is 0.266 e. The number of ether oxygens (including phenoxy) is 3. The number of carbonyl (C=O) groups excluding carboxylic acids is 6. The third-order valence-corrected chi connectivity index (χ3v) is 14.3. The van der Waals surface area contributed by atoms with Crippen molar-refractivity contribution in [3.8, 4) is 51.7 Å². The van der Waals surface area contributed by atoms with Crippen LogP contribution < -0.4 is 28.9 Å². The van der Waals surface area contributed by atoms with E-state index in [0.717, 1.165) is 31.4 Å². The van der Waals surface area contributed by atoms with Crippen molar-refractivity contribution in [3.05, 3.63) is 249 Å². The summed E-state index contributed by atoms with van der Waals surface area (Å²) in [6, 6.07) is 48.8. The number of phenols is 3. The molecule has 13 rings (SSSR count). The van der Waals surface area contributed by atoms with Crippen molar-refractivity contribution >= 4 is 52.5 Å². The van der Waals surface area contributed by atoms with Crippen molar-refractivity contribution in [2.75, 3.05) is 14.7 Å². The van der Waals surface area contributed by atoms with Gasteiger partial charge >= 0.3 is 0 Å². The van der Waals surface area contributed by atoms with Crippen LogP contribution in [0.4, 0.5) is 17.1 Å². The van der Waals surface area contributed by atoms with E-state index in [-0.39, 0.29) is 53.8 Å². The second-order valence-electron chi connectivity index (χ2n) is 19.1. The lowest BCUT2D eigenvalue weighted by Crippen LogP contribution is -2.29. The maximum atomic E-state index is 13.2. The second kappa shape index (κ2) is 18.2. The fourth-order valence-corrected chi connectivity index (χ4v) is 10.5. The van der Waals surface area contributed by atoms with E-state index in [0.29, 0.717) is 84.4 Å². The molecule has 0 bridgehead atoms. The molecule has 0 spiro atoms. The van der Waals surface area contributed by atoms with Gasteiger partial charge in [-0.05, 0) is 198 Å². The Labute approximate surface area is 443 Å². The molecule has 15 heteroatoms. The van der Waals surface area contributed by atoms with E-state index < -0.39 is 35.4 Å². The molecule has 0 aromatic heterocycles. The molecule has 3 N–H and O–H groups in total. The lowest BCUT2D eigenvalue weighted by atomic mass is 9.94. The first-order valence-corrected chi connectivity index (χ1v) is 24.7. The number of carbonyl (C=O) groups is 6. The minimum absolute atomic E-state index is 0.108. The Morgan fingerprint density at radius 3 is 0.705 bits per heavy atom. The van der Waals surface area contributed by atoms with Gasteiger partial charge in [-0.1, -0.05) is 36.4 Å². The second-order valence-corrected chi connectivity index (χ2v) is 19.1. The largest absolute Gasteiger partial charge is 0.504 e. The maximum absolute atomic E-state index is 13.2. The Hall–Kier alpha value is -10.8. The van der Waals surface area contributed by atoms with Gasteiger partial charge in [0.2, 0.25) is 0 Å². The first-order chi connectivity index (χ1) is 37.8. The normalized spacial score (nSPS) is 14.2. The number of aromatic hydroxyl groups is 3. The van der Waals surface area contributed by atoms with Gasteiger partial charge < -0.3 is 29.5 Å². The Bertz CT molecular complexity index is 3570. The molecule has 0 unspecified atom stereocenters. The summed E-state index contributed by atoms with van der Waals surface area (Å²) in [5, 5.41) is 34.9. The van der Waals surface area contributed by atoms with E-state index in [2.05, 4.69) is 0 Å². The SMILES string of the molecule is O=C1c2ccccc2C(=O)N1c1ccc(Oc2cc3c(cc2O)Cc2cc(Oc4ccc(N5C(=O)c6ccccc6C5=O)cc4)c(O)cc2Cc2cc(Oc4ccc(N5C(=O)c6ccccc6C5=O)cc4)c(O)cc2C3)cc1. The molecule has 0 saturated heterocycles. The predicted octanol–water partition coefficient (Wildman–Crippen LogP) is 11.7. The highest BCUT2D eigenvalue weighted by Gasteiger charge is 2.39. The van der Waals surface area contributed by atoms with Gasteiger partial charge in [0.25, 0.3) is 35.4 Å². The zero-order chi connectivity index (χ0) is 53.5. The van der Waals surface area contributed by atoms with Crippen LogP contribution in [-0.4, -0.2) is 50.8 Å². The molecule has 0 saturated carbocycles. The van der Waals surface area contributed by atoms with Crippen LogP contribution in [0.25, 0.3) is 0 Å². The Morgan fingerprint density at radius 1 is 0.282 bits per heavy atom. The van der Waals surface area contributed by atoms with Crippen molar-refractivity contribution < 1.29 is 58.3 Å². The molecule has 0 radical (unpaired) electrons. The number of anilines is 3. The van der Waals surface area contributed by atoms with E-state index in [1.165, 1.54) is 0 Å². The van der Waals surface area contributed by atoms with Crippen LogP contribution in [0.3, 0.4) is 0 Å². The van der Waals surface area contributed by atoms with Gasteiger partial charge in [-0.2, -0.15) is 0 Å². The number of phenolic OH excluding ortho intramolecular Hbond substituents is 3. The summed E-state index contributed by atoms with van der Waals surface area (Å²) in [7, 11) is 0. The smallest absolute Gasteiger partial charge is 0.266 e. The van der Waals surface area contributed by atoms with E-state index in [4.69, 9.17) is 14.2 Å². The van der Waals surface area contributed by atoms with Gasteiger partial charge in [-0.15, -0.1) is 0 Å². The van der Waals surface area contributed by atoms with Gasteiger partial charge in [0.1, 0.15) is 17.2 Å². The molecule has 9 aromatic carbocycles. The molecule has 3 aliphatic heterocycles. The van der Waals surface area contributed by atoms with Crippen molar-refractivity contribution in [2.45, 2.75) is 19.3 Å². The van der Waals surface area contributed by atoms with Crippen molar-refractivity contribution in [3.63, 3.8) is 0 Å². The number of hydrogen-bond donors (Lipinski definition) is 3. The topological polar surface area (TPSA) is 201 Å². The van der Waals surface area contributed by atoms with Gasteiger partial charge in [0.05, 0.1) is 50.4 Å². The predicted molar refractivity (Wildman–Crippen MR) is 285 cm³/mol. The molecule has 3 heterocycles. The molecule has 15 nitrogen and oxygen atoms in total.